The Kier molecular flexibility index (Phi) is 6.48. The smallest absolute Gasteiger partial charge is 0.287 e. The van der Waals surface area contributed by atoms with E-state index < -0.39 is 11.9 Å². The van der Waals surface area contributed by atoms with Gasteiger partial charge in [-0.15, -0.1) is 10.2 Å². The average molecular weight is 350 g/mol. The quantitative estimate of drug-likeness (QED) is 0.763. The fourth-order valence-electron chi connectivity index (χ4n) is 2.07. The zero-order valence-corrected chi connectivity index (χ0v) is 14.9. The highest BCUT2D eigenvalue weighted by atomic mass is 32.1. The van der Waals surface area contributed by atoms with Crippen LogP contribution in [0.4, 0.5) is 5.13 Å². The van der Waals surface area contributed by atoms with E-state index in [1.165, 1.54) is 17.6 Å². The summed E-state index contributed by atoms with van der Waals surface area (Å²) in [5.41, 5.74) is 0. The fraction of sp³-hybridized carbons (Fsp3) is 0.500. The van der Waals surface area contributed by atoms with Gasteiger partial charge in [0.05, 0.1) is 6.26 Å². The Balaban J connectivity index is 1.98. The third-order valence-electron chi connectivity index (χ3n) is 3.42. The predicted molar refractivity (Wildman–Crippen MR) is 92.0 cm³/mol. The second-order valence-corrected chi connectivity index (χ2v) is 6.83. The Hall–Kier alpha value is -2.22. The summed E-state index contributed by atoms with van der Waals surface area (Å²) >= 11 is 1.36. The van der Waals surface area contributed by atoms with Crippen LogP contribution in [0.3, 0.4) is 0 Å². The van der Waals surface area contributed by atoms with Crippen LogP contribution in [-0.4, -0.2) is 28.1 Å². The Morgan fingerprint density at radius 1 is 1.33 bits per heavy atom. The lowest BCUT2D eigenvalue weighted by molar-refractivity contribution is -0.118. The van der Waals surface area contributed by atoms with Crippen LogP contribution < -0.4 is 10.6 Å². The Bertz CT molecular complexity index is 667. The number of unbranched alkanes of at least 4 members (excludes halogenated alkanes) is 1. The molecule has 2 aromatic rings. The van der Waals surface area contributed by atoms with Gasteiger partial charge in [0.15, 0.2) is 5.76 Å². The highest BCUT2D eigenvalue weighted by Gasteiger charge is 2.26. The van der Waals surface area contributed by atoms with Gasteiger partial charge >= 0.3 is 0 Å². The van der Waals surface area contributed by atoms with Gasteiger partial charge in [0, 0.05) is 6.42 Å². The highest BCUT2D eigenvalue weighted by Crippen LogP contribution is 2.18. The highest BCUT2D eigenvalue weighted by molar-refractivity contribution is 7.15. The first-order valence-electron chi connectivity index (χ1n) is 7.98. The van der Waals surface area contributed by atoms with Crippen LogP contribution in [-0.2, 0) is 11.2 Å². The molecule has 2 rings (SSSR count). The number of hydrogen-bond donors (Lipinski definition) is 2. The minimum Gasteiger partial charge on any atom is -0.459 e. The lowest BCUT2D eigenvalue weighted by atomic mass is 10.0. The maximum Gasteiger partial charge on any atom is 0.287 e. The summed E-state index contributed by atoms with van der Waals surface area (Å²) in [6, 6.07) is 2.49. The van der Waals surface area contributed by atoms with Gasteiger partial charge in [-0.25, -0.2) is 0 Å². The summed E-state index contributed by atoms with van der Waals surface area (Å²) in [7, 11) is 0. The Morgan fingerprint density at radius 3 is 2.75 bits per heavy atom. The second-order valence-electron chi connectivity index (χ2n) is 5.77. The molecule has 7 nitrogen and oxygen atoms in total. The van der Waals surface area contributed by atoms with E-state index in [0.717, 1.165) is 24.3 Å². The average Bonchev–Trinajstić information content (AvgIpc) is 3.21. The zero-order chi connectivity index (χ0) is 17.5. The molecule has 1 unspecified atom stereocenters. The first-order chi connectivity index (χ1) is 11.5. The van der Waals surface area contributed by atoms with E-state index in [9.17, 15) is 9.59 Å². The van der Waals surface area contributed by atoms with Crippen molar-refractivity contribution in [3.63, 3.8) is 0 Å². The molecule has 0 aliphatic carbocycles. The maximum atomic E-state index is 12.5. The molecular formula is C16H22N4O3S. The SMILES string of the molecule is CCCCc1nnc(NC(=O)C(NC(=O)c2ccco2)C(C)C)s1. The predicted octanol–water partition coefficient (Wildman–Crippen LogP) is 2.87. The summed E-state index contributed by atoms with van der Waals surface area (Å²) in [6.45, 7) is 5.83. The van der Waals surface area contributed by atoms with Gasteiger partial charge in [-0.1, -0.05) is 38.5 Å². The molecule has 8 heteroatoms. The molecule has 130 valence electrons. The molecule has 0 aliphatic heterocycles. The molecule has 1 atom stereocenters. The van der Waals surface area contributed by atoms with Crippen LogP contribution in [0.15, 0.2) is 22.8 Å². The topological polar surface area (TPSA) is 97.1 Å². The van der Waals surface area contributed by atoms with Gasteiger partial charge in [0.1, 0.15) is 11.0 Å². The molecule has 0 fully saturated rings. The van der Waals surface area contributed by atoms with E-state index in [-0.39, 0.29) is 17.6 Å². The minimum absolute atomic E-state index is 0.0867. The van der Waals surface area contributed by atoms with Gasteiger partial charge in [0.2, 0.25) is 11.0 Å². The van der Waals surface area contributed by atoms with Crippen molar-refractivity contribution >= 4 is 28.3 Å². The first kappa shape index (κ1) is 18.1. The fourth-order valence-corrected chi connectivity index (χ4v) is 2.86. The Labute approximate surface area is 144 Å². The van der Waals surface area contributed by atoms with Crippen LogP contribution in [0, 0.1) is 5.92 Å². The lowest BCUT2D eigenvalue weighted by Gasteiger charge is -2.20. The van der Waals surface area contributed by atoms with E-state index in [1.54, 1.807) is 12.1 Å². The summed E-state index contributed by atoms with van der Waals surface area (Å²) in [5.74, 6) is -0.652. The van der Waals surface area contributed by atoms with E-state index in [1.807, 2.05) is 13.8 Å². The molecule has 2 N–H and O–H groups in total. The van der Waals surface area contributed by atoms with E-state index in [4.69, 9.17) is 4.42 Å². The van der Waals surface area contributed by atoms with Gasteiger partial charge in [-0.05, 0) is 24.5 Å². The standard InChI is InChI=1S/C16H22N4O3S/c1-4-5-8-12-19-20-16(24-12)18-15(22)13(10(2)3)17-14(21)11-7-6-9-23-11/h6-7,9-10,13H,4-5,8H2,1-3H3,(H,17,21)(H,18,20,22). The van der Waals surface area contributed by atoms with Crippen molar-refractivity contribution in [2.75, 3.05) is 5.32 Å². The molecule has 0 saturated heterocycles. The van der Waals surface area contributed by atoms with Crippen molar-refractivity contribution in [1.29, 1.82) is 0 Å². The maximum absolute atomic E-state index is 12.5. The molecular weight excluding hydrogens is 328 g/mol. The zero-order valence-electron chi connectivity index (χ0n) is 14.0. The van der Waals surface area contributed by atoms with Crippen LogP contribution in [0.2, 0.25) is 0 Å². The van der Waals surface area contributed by atoms with Crippen LogP contribution in [0.5, 0.6) is 0 Å². The summed E-state index contributed by atoms with van der Waals surface area (Å²) < 4.78 is 5.05. The van der Waals surface area contributed by atoms with Gasteiger partial charge < -0.3 is 9.73 Å². The third-order valence-corrected chi connectivity index (χ3v) is 4.32. The van der Waals surface area contributed by atoms with E-state index in [0.29, 0.717) is 5.13 Å². The lowest BCUT2D eigenvalue weighted by Crippen LogP contribution is -2.47. The molecule has 0 saturated carbocycles. The minimum atomic E-state index is -0.689. The van der Waals surface area contributed by atoms with Crippen molar-refractivity contribution in [3.8, 4) is 0 Å². The molecule has 2 heterocycles. The number of carbonyl (C=O) groups is 2. The van der Waals surface area contributed by atoms with Crippen LogP contribution in [0.25, 0.3) is 0 Å². The molecule has 2 amide bonds. The largest absolute Gasteiger partial charge is 0.459 e. The van der Waals surface area contributed by atoms with Crippen molar-refractivity contribution in [1.82, 2.24) is 15.5 Å². The van der Waals surface area contributed by atoms with Gasteiger partial charge in [-0.2, -0.15) is 0 Å². The summed E-state index contributed by atoms with van der Waals surface area (Å²) in [4.78, 5) is 24.6. The Morgan fingerprint density at radius 2 is 2.12 bits per heavy atom. The van der Waals surface area contributed by atoms with Crippen LogP contribution >= 0.6 is 11.3 Å². The number of hydrogen-bond acceptors (Lipinski definition) is 6. The van der Waals surface area contributed by atoms with Crippen molar-refractivity contribution in [2.24, 2.45) is 5.92 Å². The molecule has 0 spiro atoms. The number of rotatable bonds is 8. The summed E-state index contributed by atoms with van der Waals surface area (Å²) in [6.07, 6.45) is 4.39. The van der Waals surface area contributed by atoms with E-state index in [2.05, 4.69) is 27.8 Å². The van der Waals surface area contributed by atoms with Crippen molar-refractivity contribution in [2.45, 2.75) is 46.1 Å². The number of furan rings is 1. The van der Waals surface area contributed by atoms with Gasteiger partial charge in [0.25, 0.3) is 5.91 Å². The summed E-state index contributed by atoms with van der Waals surface area (Å²) in [5, 5.41) is 14.8. The second kappa shape index (κ2) is 8.58. The number of nitrogens with zero attached hydrogens (tertiary/aromatic N) is 2. The number of nitrogens with one attached hydrogen (secondary N) is 2. The number of anilines is 1. The third kappa shape index (κ3) is 4.89. The molecule has 0 aliphatic rings. The van der Waals surface area contributed by atoms with Crippen molar-refractivity contribution < 1.29 is 14.0 Å². The van der Waals surface area contributed by atoms with Crippen LogP contribution in [0.1, 0.15) is 49.2 Å². The number of aromatic nitrogens is 2. The first-order valence-corrected chi connectivity index (χ1v) is 8.80. The molecule has 0 aromatic carbocycles. The number of amides is 2. The van der Waals surface area contributed by atoms with Gasteiger partial charge in [-0.3, -0.25) is 14.9 Å². The van der Waals surface area contributed by atoms with Crippen molar-refractivity contribution in [3.05, 3.63) is 29.2 Å². The number of carbonyl (C=O) groups excluding carboxylic acids is 2. The molecule has 0 radical (unpaired) electrons. The molecule has 0 bridgehead atoms. The normalized spacial score (nSPS) is 12.2. The molecule has 2 aromatic heterocycles. The monoisotopic (exact) mass is 350 g/mol. The molecule has 24 heavy (non-hydrogen) atoms. The van der Waals surface area contributed by atoms with E-state index >= 15 is 0 Å². The number of aryl methyl sites for hydroxylation is 1.